The van der Waals surface area contributed by atoms with Gasteiger partial charge in [0.15, 0.2) is 6.29 Å². The Labute approximate surface area is 643 Å². The molecule has 8 aromatic heterocycles. The third kappa shape index (κ3) is 15.8. The first kappa shape index (κ1) is 70.7. The molecule has 103 heavy (non-hydrogen) atoms. The lowest BCUT2D eigenvalue weighted by atomic mass is 10.1. The fraction of sp³-hybridized carbons (Fsp3) is 0.0482. The van der Waals surface area contributed by atoms with E-state index in [2.05, 4.69) is 257 Å². The highest BCUT2D eigenvalue weighted by atomic mass is 79.9. The van der Waals surface area contributed by atoms with Crippen LogP contribution >= 0.6 is 123 Å². The highest BCUT2D eigenvalue weighted by Gasteiger charge is 2.20. The summed E-state index contributed by atoms with van der Waals surface area (Å²) in [4.78, 5) is 23.7. The molecular weight excluding hydrogens is 1570 g/mol. The van der Waals surface area contributed by atoms with Crippen LogP contribution in [0.25, 0.3) is 79.4 Å². The molecule has 0 atom stereocenters. The van der Waals surface area contributed by atoms with Gasteiger partial charge >= 0.3 is 0 Å². The summed E-state index contributed by atoms with van der Waals surface area (Å²) in [6, 6.07) is 91.6. The summed E-state index contributed by atoms with van der Waals surface area (Å²) in [6.45, 7) is 0. The molecule has 0 aliphatic carbocycles. The van der Waals surface area contributed by atoms with Crippen LogP contribution in [-0.4, -0.2) is 34.7 Å². The number of methoxy groups -OCH3 is 4. The number of carbonyl (C=O) groups is 1. The maximum atomic E-state index is 11.1. The van der Waals surface area contributed by atoms with Crippen LogP contribution in [0.5, 0.6) is 23.0 Å². The van der Waals surface area contributed by atoms with Crippen LogP contribution in [0.15, 0.2) is 286 Å². The molecule has 17 rings (SSSR count). The number of ether oxygens (including phenoxy) is 4. The van der Waals surface area contributed by atoms with Gasteiger partial charge in [-0.25, -0.2) is 0 Å². The predicted molar refractivity (Wildman–Crippen MR) is 447 cm³/mol. The minimum Gasteiger partial charge on any atom is -0.497 e. The predicted octanol–water partition coefficient (Wildman–Crippen LogP) is 29.5. The van der Waals surface area contributed by atoms with Gasteiger partial charge in [0.2, 0.25) is 0 Å². The van der Waals surface area contributed by atoms with Crippen molar-refractivity contribution < 1.29 is 32.9 Å². The van der Waals surface area contributed by atoms with E-state index in [1.165, 1.54) is 64.4 Å². The van der Waals surface area contributed by atoms with Crippen molar-refractivity contribution in [1.82, 2.24) is 0 Å². The first-order chi connectivity index (χ1) is 50.5. The van der Waals surface area contributed by atoms with Crippen LogP contribution in [0.4, 0.5) is 60.3 Å². The second-order valence-corrected chi connectivity index (χ2v) is 33.0. The van der Waals surface area contributed by atoms with Gasteiger partial charge in [-0.15, -0.1) is 90.7 Å². The molecular formula is C83H59Br2F2N3O5S8. The van der Waals surface area contributed by atoms with E-state index in [0.717, 1.165) is 109 Å². The van der Waals surface area contributed by atoms with Gasteiger partial charge in [0.05, 0.1) is 38.0 Å². The summed E-state index contributed by atoms with van der Waals surface area (Å²) in [5, 5.41) is 6.39. The Morgan fingerprint density at radius 2 is 0.602 bits per heavy atom. The number of hydrogen-bond donors (Lipinski definition) is 0. The Bertz CT molecular complexity index is 5390. The second-order valence-electron chi connectivity index (χ2n) is 23.0. The molecule has 0 fully saturated rings. The van der Waals surface area contributed by atoms with Crippen molar-refractivity contribution in [1.29, 1.82) is 0 Å². The van der Waals surface area contributed by atoms with E-state index in [0.29, 0.717) is 0 Å². The van der Waals surface area contributed by atoms with Crippen molar-refractivity contribution in [3.63, 3.8) is 0 Å². The van der Waals surface area contributed by atoms with E-state index in [-0.39, 0.29) is 0 Å². The van der Waals surface area contributed by atoms with Gasteiger partial charge in [-0.1, -0.05) is 80.4 Å². The summed E-state index contributed by atoms with van der Waals surface area (Å²) in [7, 11) is 6.79. The lowest BCUT2D eigenvalue weighted by molar-refractivity contribution is 0.108. The fourth-order valence-electron chi connectivity index (χ4n) is 11.8. The lowest BCUT2D eigenvalue weighted by Crippen LogP contribution is -2.09. The molecule has 0 saturated heterocycles. The van der Waals surface area contributed by atoms with Crippen molar-refractivity contribution in [2.24, 2.45) is 0 Å². The van der Waals surface area contributed by atoms with E-state index >= 15 is 0 Å². The minimum absolute atomic E-state index is 0.771. The SMILES string of the molecule is COc1ccc(N(c2ccc(-c3cc4sc(C=O)cc4s3)cc2)c2ccc(-c3cc4scc(OC)c4s3)cc2)cc1.COc1ccc(N(c2ccc(-c3cc4sccc4s3)cc2)c2ccc(-c3cc4sccc4s3)cc2)cc1.COc1ccc(N(c2ccc(Br)cc2)c2ccc(Br)cc2)cc1.FF. The topological polar surface area (TPSA) is 63.7 Å². The van der Waals surface area contributed by atoms with Crippen LogP contribution in [-0.2, 0) is 0 Å². The molecule has 0 saturated carbocycles. The summed E-state index contributed by atoms with van der Waals surface area (Å²) in [5.41, 5.74) is 14.6. The maximum Gasteiger partial charge on any atom is 0.160 e. The van der Waals surface area contributed by atoms with Crippen LogP contribution in [0, 0.1) is 0 Å². The Balaban J connectivity index is 0.000000134. The molecule has 0 aliphatic heterocycles. The molecule has 512 valence electrons. The molecule has 0 radical (unpaired) electrons. The smallest absolute Gasteiger partial charge is 0.160 e. The zero-order valence-electron chi connectivity index (χ0n) is 55.3. The summed E-state index contributed by atoms with van der Waals surface area (Å²) in [6.07, 6.45) is 0.923. The summed E-state index contributed by atoms with van der Waals surface area (Å²) in [5.74, 6) is 3.47. The molecule has 8 heterocycles. The quantitative estimate of drug-likeness (QED) is 0.0788. The van der Waals surface area contributed by atoms with Crippen LogP contribution in [0.2, 0.25) is 0 Å². The standard InChI is InChI=1S/C33H23NO3S4.C31H21NOS4.C19H15Br2NO.F2/c1-36-25-13-11-24(12-14-25)34(22-7-3-20(4-8-22)28-16-31-30(40-28)15-26(18-35)39-31)23-9-5-21(6-10-23)29-17-32-33(41-29)27(37-2)19-38-32;1-33-25-12-10-24(11-13-25)32(22-6-2-20(3-7-22)28-18-30-26(36-28)14-16-34-30)23-8-4-21(5-9-23)29-19-31-27(37-29)15-17-35-31;1-23-19-12-10-18(11-13-19)22(16-6-2-14(20)3-7-16)17-8-4-15(21)5-9-17;1-2/h3-19H,1-2H3;2-19H,1H3;2-13H,1H3;. The number of rotatable bonds is 18. The average Bonchev–Trinajstić information content (AvgIpc) is 1.81. The van der Waals surface area contributed by atoms with Gasteiger partial charge in [0.1, 0.15) is 23.0 Å². The van der Waals surface area contributed by atoms with Crippen molar-refractivity contribution in [3.8, 4) is 64.8 Å². The third-order valence-electron chi connectivity index (χ3n) is 16.9. The van der Waals surface area contributed by atoms with E-state index in [4.69, 9.17) is 28.1 Å². The number of anilines is 9. The van der Waals surface area contributed by atoms with Gasteiger partial charge < -0.3 is 33.6 Å². The first-order valence-corrected chi connectivity index (χ1v) is 40.2. The molecule has 20 heteroatoms. The van der Waals surface area contributed by atoms with Crippen molar-refractivity contribution in [2.45, 2.75) is 0 Å². The van der Waals surface area contributed by atoms with Gasteiger partial charge in [-0.05, 0) is 245 Å². The second kappa shape index (κ2) is 32.6. The molecule has 0 spiro atoms. The zero-order valence-corrected chi connectivity index (χ0v) is 65.0. The number of fused-ring (bicyclic) bond motifs is 4. The number of benzene rings is 9. The number of carbonyl (C=O) groups excluding carboxylic acids is 1. The van der Waals surface area contributed by atoms with Crippen molar-refractivity contribution in [2.75, 3.05) is 43.1 Å². The highest BCUT2D eigenvalue weighted by Crippen LogP contribution is 2.47. The van der Waals surface area contributed by atoms with Crippen LogP contribution in [0.1, 0.15) is 9.67 Å². The molecule has 0 amide bonds. The van der Waals surface area contributed by atoms with Gasteiger partial charge in [0, 0.05) is 127 Å². The van der Waals surface area contributed by atoms with E-state index < -0.39 is 0 Å². The Kier molecular flexibility index (Phi) is 22.4. The number of aldehydes is 1. The minimum atomic E-state index is 0.771. The third-order valence-corrected chi connectivity index (χ3v) is 26.7. The number of halogens is 4. The first-order valence-electron chi connectivity index (χ1n) is 31.9. The molecule has 0 bridgehead atoms. The Morgan fingerprint density at radius 1 is 0.311 bits per heavy atom. The highest BCUT2D eigenvalue weighted by molar-refractivity contribution is 9.10. The molecule has 0 N–H and O–H groups in total. The monoisotopic (exact) mass is 1630 g/mol. The molecule has 9 aromatic carbocycles. The largest absolute Gasteiger partial charge is 0.497 e. The Hall–Kier alpha value is -9.29. The van der Waals surface area contributed by atoms with Crippen LogP contribution in [0.3, 0.4) is 0 Å². The maximum absolute atomic E-state index is 11.1. The van der Waals surface area contributed by atoms with Crippen molar-refractivity contribution >= 4 is 218 Å². The summed E-state index contributed by atoms with van der Waals surface area (Å²) >= 11 is 21.0. The zero-order chi connectivity index (χ0) is 70.9. The molecule has 0 unspecified atom stereocenters. The number of nitrogens with zero attached hydrogens (tertiary/aromatic N) is 3. The fourth-order valence-corrected chi connectivity index (χ4v) is 21.1. The number of thiophene rings is 8. The van der Waals surface area contributed by atoms with E-state index in [1.807, 2.05) is 89.4 Å². The van der Waals surface area contributed by atoms with Gasteiger partial charge in [0.25, 0.3) is 0 Å². The molecule has 0 aliphatic rings. The van der Waals surface area contributed by atoms with E-state index in [1.54, 1.807) is 96.5 Å². The normalized spacial score (nSPS) is 11.0. The number of hydrogen-bond acceptors (Lipinski definition) is 16. The van der Waals surface area contributed by atoms with E-state index in [9.17, 15) is 4.79 Å². The molecule has 17 aromatic rings. The molecule has 8 nitrogen and oxygen atoms in total. The lowest BCUT2D eigenvalue weighted by Gasteiger charge is -2.26. The average molecular weight is 1630 g/mol. The van der Waals surface area contributed by atoms with Gasteiger partial charge in [-0.2, -0.15) is 0 Å². The van der Waals surface area contributed by atoms with Crippen molar-refractivity contribution in [3.05, 3.63) is 291 Å². The van der Waals surface area contributed by atoms with Gasteiger partial charge in [-0.3, -0.25) is 4.79 Å². The Morgan fingerprint density at radius 3 is 0.913 bits per heavy atom. The summed E-state index contributed by atoms with van der Waals surface area (Å²) < 4.78 is 49.9. The van der Waals surface area contributed by atoms with Crippen LogP contribution < -0.4 is 33.6 Å².